The number of likely N-dealkylation sites (N-methyl/N-ethyl adjacent to an activating group) is 1. The standard InChI is InChI=1S/C12H20N4/c1-9-7-16(8-11(9)15(2)3)12-6-10(13)4-5-14-12/h4-6,9,11H,7-8H2,1-3H3,(H2,13,14). The zero-order valence-corrected chi connectivity index (χ0v) is 10.2. The van der Waals surface area contributed by atoms with Crippen LogP contribution in [0.5, 0.6) is 0 Å². The smallest absolute Gasteiger partial charge is 0.130 e. The third-order valence-electron chi connectivity index (χ3n) is 3.33. The molecule has 0 aromatic carbocycles. The van der Waals surface area contributed by atoms with Crippen LogP contribution in [-0.2, 0) is 0 Å². The average molecular weight is 220 g/mol. The molecule has 1 fully saturated rings. The predicted octanol–water partition coefficient (Wildman–Crippen LogP) is 1.05. The van der Waals surface area contributed by atoms with Gasteiger partial charge in [-0.1, -0.05) is 6.92 Å². The Labute approximate surface area is 97.1 Å². The topological polar surface area (TPSA) is 45.4 Å². The molecule has 2 atom stereocenters. The number of hydrogen-bond donors (Lipinski definition) is 1. The maximum Gasteiger partial charge on any atom is 0.130 e. The van der Waals surface area contributed by atoms with Crippen LogP contribution in [0.25, 0.3) is 0 Å². The quantitative estimate of drug-likeness (QED) is 0.809. The monoisotopic (exact) mass is 220 g/mol. The second-order valence-electron chi connectivity index (χ2n) is 4.86. The molecule has 1 saturated heterocycles. The minimum Gasteiger partial charge on any atom is -0.399 e. The van der Waals surface area contributed by atoms with Crippen LogP contribution >= 0.6 is 0 Å². The van der Waals surface area contributed by atoms with Crippen molar-refractivity contribution < 1.29 is 0 Å². The zero-order valence-electron chi connectivity index (χ0n) is 10.2. The summed E-state index contributed by atoms with van der Waals surface area (Å²) in [5.41, 5.74) is 6.56. The zero-order chi connectivity index (χ0) is 11.7. The average Bonchev–Trinajstić information content (AvgIpc) is 2.60. The predicted molar refractivity (Wildman–Crippen MR) is 67.5 cm³/mol. The first kappa shape index (κ1) is 11.2. The number of nitrogen functional groups attached to an aromatic ring is 1. The van der Waals surface area contributed by atoms with E-state index in [2.05, 4.69) is 35.8 Å². The molecule has 1 aliphatic heterocycles. The molecule has 2 heterocycles. The fourth-order valence-electron chi connectivity index (χ4n) is 2.42. The molecule has 4 nitrogen and oxygen atoms in total. The van der Waals surface area contributed by atoms with Crippen molar-refractivity contribution in [3.05, 3.63) is 18.3 Å². The lowest BCUT2D eigenvalue weighted by molar-refractivity contribution is 0.266. The van der Waals surface area contributed by atoms with Crippen LogP contribution < -0.4 is 10.6 Å². The summed E-state index contributed by atoms with van der Waals surface area (Å²) in [6, 6.07) is 4.38. The van der Waals surface area contributed by atoms with Crippen molar-refractivity contribution >= 4 is 11.5 Å². The number of pyridine rings is 1. The molecule has 0 bridgehead atoms. The lowest BCUT2D eigenvalue weighted by atomic mass is 10.1. The van der Waals surface area contributed by atoms with E-state index in [0.717, 1.165) is 24.6 Å². The third kappa shape index (κ3) is 2.11. The van der Waals surface area contributed by atoms with Crippen molar-refractivity contribution in [3.8, 4) is 0 Å². The molecule has 16 heavy (non-hydrogen) atoms. The van der Waals surface area contributed by atoms with Gasteiger partial charge >= 0.3 is 0 Å². The molecular weight excluding hydrogens is 200 g/mol. The molecule has 0 aliphatic carbocycles. The highest BCUT2D eigenvalue weighted by atomic mass is 15.3. The molecule has 0 saturated carbocycles. The SMILES string of the molecule is CC1CN(c2cc(N)ccn2)CC1N(C)C. The molecule has 4 heteroatoms. The van der Waals surface area contributed by atoms with E-state index in [1.807, 2.05) is 12.1 Å². The maximum atomic E-state index is 5.78. The molecule has 2 unspecified atom stereocenters. The fraction of sp³-hybridized carbons (Fsp3) is 0.583. The Morgan fingerprint density at radius 2 is 2.19 bits per heavy atom. The van der Waals surface area contributed by atoms with Gasteiger partial charge in [0, 0.05) is 37.1 Å². The van der Waals surface area contributed by atoms with Gasteiger partial charge in [0.1, 0.15) is 5.82 Å². The van der Waals surface area contributed by atoms with E-state index < -0.39 is 0 Å². The normalized spacial score (nSPS) is 25.4. The molecule has 1 aromatic rings. The minimum atomic E-state index is 0.600. The molecule has 2 rings (SSSR count). The van der Waals surface area contributed by atoms with Crippen LogP contribution in [0, 0.1) is 5.92 Å². The van der Waals surface area contributed by atoms with E-state index in [1.54, 1.807) is 6.20 Å². The minimum absolute atomic E-state index is 0.600. The number of nitrogens with two attached hydrogens (primary N) is 1. The molecule has 0 radical (unpaired) electrons. The summed E-state index contributed by atoms with van der Waals surface area (Å²) in [5.74, 6) is 1.66. The summed E-state index contributed by atoms with van der Waals surface area (Å²) in [6.07, 6.45) is 1.78. The van der Waals surface area contributed by atoms with Crippen LogP contribution in [0.15, 0.2) is 18.3 Å². The Morgan fingerprint density at radius 3 is 2.75 bits per heavy atom. The number of hydrogen-bond acceptors (Lipinski definition) is 4. The Balaban J connectivity index is 2.13. The third-order valence-corrected chi connectivity index (χ3v) is 3.33. The Morgan fingerprint density at radius 1 is 1.44 bits per heavy atom. The lowest BCUT2D eigenvalue weighted by Gasteiger charge is -2.22. The molecular formula is C12H20N4. The van der Waals surface area contributed by atoms with Crippen molar-refractivity contribution in [2.75, 3.05) is 37.8 Å². The van der Waals surface area contributed by atoms with Crippen molar-refractivity contribution in [3.63, 3.8) is 0 Å². The number of nitrogens with zero attached hydrogens (tertiary/aromatic N) is 3. The van der Waals surface area contributed by atoms with Gasteiger partial charge in [-0.3, -0.25) is 0 Å². The Kier molecular flexibility index (Phi) is 3.01. The highest BCUT2D eigenvalue weighted by molar-refractivity contribution is 5.51. The first-order chi connectivity index (χ1) is 7.58. The fourth-order valence-corrected chi connectivity index (χ4v) is 2.42. The largest absolute Gasteiger partial charge is 0.399 e. The van der Waals surface area contributed by atoms with Crippen LogP contribution in [0.2, 0.25) is 0 Å². The van der Waals surface area contributed by atoms with Gasteiger partial charge in [-0.25, -0.2) is 4.98 Å². The van der Waals surface area contributed by atoms with E-state index in [9.17, 15) is 0 Å². The highest BCUT2D eigenvalue weighted by Crippen LogP contribution is 2.25. The summed E-state index contributed by atoms with van der Waals surface area (Å²) < 4.78 is 0. The molecule has 1 aliphatic rings. The van der Waals surface area contributed by atoms with Gasteiger partial charge in [-0.15, -0.1) is 0 Å². The second-order valence-corrected chi connectivity index (χ2v) is 4.86. The molecule has 88 valence electrons. The maximum absolute atomic E-state index is 5.78. The first-order valence-corrected chi connectivity index (χ1v) is 5.71. The van der Waals surface area contributed by atoms with Crippen molar-refractivity contribution in [1.82, 2.24) is 9.88 Å². The van der Waals surface area contributed by atoms with E-state index in [4.69, 9.17) is 5.73 Å². The Bertz CT molecular complexity index is 364. The first-order valence-electron chi connectivity index (χ1n) is 5.71. The van der Waals surface area contributed by atoms with Gasteiger partial charge < -0.3 is 15.5 Å². The molecule has 1 aromatic heterocycles. The molecule has 0 spiro atoms. The van der Waals surface area contributed by atoms with Gasteiger partial charge in [0.2, 0.25) is 0 Å². The van der Waals surface area contributed by atoms with Gasteiger partial charge in [0.25, 0.3) is 0 Å². The van der Waals surface area contributed by atoms with E-state index >= 15 is 0 Å². The van der Waals surface area contributed by atoms with Crippen LogP contribution in [0.4, 0.5) is 11.5 Å². The lowest BCUT2D eigenvalue weighted by Crippen LogP contribution is -2.34. The highest BCUT2D eigenvalue weighted by Gasteiger charge is 2.31. The summed E-state index contributed by atoms with van der Waals surface area (Å²) in [6.45, 7) is 4.38. The van der Waals surface area contributed by atoms with Crippen molar-refractivity contribution in [2.45, 2.75) is 13.0 Å². The van der Waals surface area contributed by atoms with Gasteiger partial charge in [-0.2, -0.15) is 0 Å². The summed E-state index contributed by atoms with van der Waals surface area (Å²) >= 11 is 0. The Hall–Kier alpha value is -1.29. The molecule has 2 N–H and O–H groups in total. The number of anilines is 2. The summed E-state index contributed by atoms with van der Waals surface area (Å²) in [4.78, 5) is 8.98. The molecule has 0 amide bonds. The van der Waals surface area contributed by atoms with Crippen molar-refractivity contribution in [2.24, 2.45) is 5.92 Å². The van der Waals surface area contributed by atoms with Crippen LogP contribution in [0.3, 0.4) is 0 Å². The van der Waals surface area contributed by atoms with Gasteiger partial charge in [0.05, 0.1) is 0 Å². The van der Waals surface area contributed by atoms with E-state index in [-0.39, 0.29) is 0 Å². The van der Waals surface area contributed by atoms with Crippen molar-refractivity contribution in [1.29, 1.82) is 0 Å². The van der Waals surface area contributed by atoms with E-state index in [1.165, 1.54) is 0 Å². The summed E-state index contributed by atoms with van der Waals surface area (Å²) in [7, 11) is 4.27. The summed E-state index contributed by atoms with van der Waals surface area (Å²) in [5, 5.41) is 0. The van der Waals surface area contributed by atoms with Crippen LogP contribution in [-0.4, -0.2) is 43.1 Å². The van der Waals surface area contributed by atoms with E-state index in [0.29, 0.717) is 12.0 Å². The van der Waals surface area contributed by atoms with Gasteiger partial charge in [-0.05, 0) is 26.1 Å². The van der Waals surface area contributed by atoms with Gasteiger partial charge in [0.15, 0.2) is 0 Å². The second kappa shape index (κ2) is 4.29. The number of aromatic nitrogens is 1. The number of rotatable bonds is 2. The van der Waals surface area contributed by atoms with Crippen LogP contribution in [0.1, 0.15) is 6.92 Å².